The molecule has 0 saturated carbocycles. The summed E-state index contributed by atoms with van der Waals surface area (Å²) in [5, 5.41) is 8.95. The first-order valence-electron chi connectivity index (χ1n) is 5.97. The summed E-state index contributed by atoms with van der Waals surface area (Å²) in [7, 11) is 0. The van der Waals surface area contributed by atoms with Crippen LogP contribution in [0, 0.1) is 6.92 Å². The number of carboxylic acid groups (broad SMARTS) is 1. The Morgan fingerprint density at radius 2 is 1.95 bits per heavy atom. The summed E-state index contributed by atoms with van der Waals surface area (Å²) in [5.41, 5.74) is 1.02. The Labute approximate surface area is 112 Å². The summed E-state index contributed by atoms with van der Waals surface area (Å²) < 4.78 is 37.7. The van der Waals surface area contributed by atoms with Crippen LogP contribution in [0.2, 0.25) is 0 Å². The van der Waals surface area contributed by atoms with Gasteiger partial charge in [0.05, 0.1) is 11.3 Å². The van der Waals surface area contributed by atoms with E-state index in [1.807, 2.05) is 0 Å². The van der Waals surface area contributed by atoms with Gasteiger partial charge >= 0.3 is 18.1 Å². The lowest BCUT2D eigenvalue weighted by molar-refractivity contribution is -0.170. The number of fused-ring (bicyclic) bond motifs is 1. The Bertz CT molecular complexity index is 581. The third kappa shape index (κ3) is 2.48. The van der Waals surface area contributed by atoms with Crippen molar-refractivity contribution >= 4 is 17.6 Å². The lowest BCUT2D eigenvalue weighted by atomic mass is 9.95. The van der Waals surface area contributed by atoms with Gasteiger partial charge in [0.25, 0.3) is 0 Å². The Morgan fingerprint density at radius 3 is 2.50 bits per heavy atom. The maximum absolute atomic E-state index is 12.6. The number of alkyl halides is 3. The van der Waals surface area contributed by atoms with Crippen molar-refractivity contribution in [2.45, 2.75) is 25.9 Å². The number of aryl methyl sites for hydroxylation is 2. The number of hydrogen-bond acceptors (Lipinski definition) is 2. The van der Waals surface area contributed by atoms with Crippen LogP contribution in [0.3, 0.4) is 0 Å². The Morgan fingerprint density at radius 1 is 1.30 bits per heavy atom. The molecule has 108 valence electrons. The summed E-state index contributed by atoms with van der Waals surface area (Å²) in [4.78, 5) is 23.1. The fraction of sp³-hybridized carbons (Fsp3) is 0.385. The van der Waals surface area contributed by atoms with Crippen LogP contribution < -0.4 is 4.90 Å². The minimum atomic E-state index is -4.94. The van der Waals surface area contributed by atoms with Crippen molar-refractivity contribution in [3.05, 3.63) is 28.8 Å². The van der Waals surface area contributed by atoms with Crippen molar-refractivity contribution in [3.8, 4) is 0 Å². The molecule has 0 fully saturated rings. The van der Waals surface area contributed by atoms with E-state index in [1.54, 1.807) is 0 Å². The topological polar surface area (TPSA) is 57.6 Å². The molecule has 1 aliphatic rings. The van der Waals surface area contributed by atoms with Crippen LogP contribution in [0.4, 0.5) is 18.9 Å². The molecular weight excluding hydrogens is 275 g/mol. The normalized spacial score (nSPS) is 14.9. The highest BCUT2D eigenvalue weighted by molar-refractivity contribution is 6.00. The standard InChI is InChI=1S/C13H12F3NO3/c1-7-5-9(11(18)19)6-8-3-2-4-17(10(7)8)12(20)13(14,15)16/h5-6H,2-4H2,1H3,(H,18,19). The number of hydrogen-bond donors (Lipinski definition) is 1. The first-order chi connectivity index (χ1) is 9.21. The number of carbonyl (C=O) groups is 2. The molecule has 0 radical (unpaired) electrons. The summed E-state index contributed by atoms with van der Waals surface area (Å²) in [6.07, 6.45) is -4.11. The average molecular weight is 287 g/mol. The number of rotatable bonds is 1. The van der Waals surface area contributed by atoms with Crippen LogP contribution in [0.25, 0.3) is 0 Å². The summed E-state index contributed by atoms with van der Waals surface area (Å²) in [6.45, 7) is 1.49. The molecule has 0 spiro atoms. The zero-order valence-electron chi connectivity index (χ0n) is 10.6. The fourth-order valence-corrected chi connectivity index (χ4v) is 2.45. The number of benzene rings is 1. The van der Waals surface area contributed by atoms with Gasteiger partial charge in [0.1, 0.15) is 0 Å². The van der Waals surface area contributed by atoms with Gasteiger partial charge in [0.15, 0.2) is 0 Å². The van der Waals surface area contributed by atoms with Crippen LogP contribution in [0.1, 0.15) is 27.9 Å². The fourth-order valence-electron chi connectivity index (χ4n) is 2.45. The van der Waals surface area contributed by atoms with E-state index in [0.29, 0.717) is 28.9 Å². The van der Waals surface area contributed by atoms with Gasteiger partial charge in [0, 0.05) is 6.54 Å². The van der Waals surface area contributed by atoms with E-state index in [4.69, 9.17) is 5.11 Å². The smallest absolute Gasteiger partial charge is 0.471 e. The van der Waals surface area contributed by atoms with Crippen LogP contribution in [0.15, 0.2) is 12.1 Å². The second kappa shape index (κ2) is 4.81. The average Bonchev–Trinajstić information content (AvgIpc) is 2.35. The van der Waals surface area contributed by atoms with Gasteiger partial charge in [0.2, 0.25) is 0 Å². The zero-order valence-corrected chi connectivity index (χ0v) is 10.6. The Kier molecular flexibility index (Phi) is 3.45. The van der Waals surface area contributed by atoms with Gasteiger partial charge in [-0.15, -0.1) is 0 Å². The van der Waals surface area contributed by atoms with Crippen LogP contribution in [-0.4, -0.2) is 29.7 Å². The first kappa shape index (κ1) is 14.4. The van der Waals surface area contributed by atoms with E-state index < -0.39 is 18.1 Å². The van der Waals surface area contributed by atoms with Crippen LogP contribution in [-0.2, 0) is 11.2 Å². The zero-order chi connectivity index (χ0) is 15.1. The lowest BCUT2D eigenvalue weighted by Crippen LogP contribution is -2.44. The highest BCUT2D eigenvalue weighted by Gasteiger charge is 2.44. The van der Waals surface area contributed by atoms with Crippen molar-refractivity contribution in [1.82, 2.24) is 0 Å². The second-order valence-electron chi connectivity index (χ2n) is 4.66. The van der Waals surface area contributed by atoms with E-state index in [2.05, 4.69) is 0 Å². The minimum absolute atomic E-state index is 0.0153. The summed E-state index contributed by atoms with van der Waals surface area (Å²) in [5.74, 6) is -3.06. The number of nitrogens with zero attached hydrogens (tertiary/aromatic N) is 1. The molecule has 1 aromatic rings. The van der Waals surface area contributed by atoms with Crippen molar-refractivity contribution in [2.24, 2.45) is 0 Å². The molecule has 1 amide bonds. The molecular formula is C13H12F3NO3. The molecule has 4 nitrogen and oxygen atoms in total. The maximum atomic E-state index is 12.6. The van der Waals surface area contributed by atoms with E-state index in [9.17, 15) is 22.8 Å². The van der Waals surface area contributed by atoms with Crippen molar-refractivity contribution in [2.75, 3.05) is 11.4 Å². The van der Waals surface area contributed by atoms with Gasteiger partial charge in [-0.05, 0) is 43.0 Å². The molecule has 0 aromatic heterocycles. The Hall–Kier alpha value is -2.05. The molecule has 0 unspecified atom stereocenters. The highest BCUT2D eigenvalue weighted by atomic mass is 19.4. The molecule has 20 heavy (non-hydrogen) atoms. The highest BCUT2D eigenvalue weighted by Crippen LogP contribution is 2.34. The number of amides is 1. The van der Waals surface area contributed by atoms with E-state index in [0.717, 1.165) is 0 Å². The third-order valence-electron chi connectivity index (χ3n) is 3.21. The quantitative estimate of drug-likeness (QED) is 0.863. The molecule has 0 bridgehead atoms. The molecule has 0 saturated heterocycles. The van der Waals surface area contributed by atoms with Gasteiger partial charge in [-0.3, -0.25) is 4.79 Å². The Balaban J connectivity index is 2.52. The molecule has 1 heterocycles. The molecule has 0 aliphatic carbocycles. The van der Waals surface area contributed by atoms with Crippen LogP contribution >= 0.6 is 0 Å². The van der Waals surface area contributed by atoms with E-state index >= 15 is 0 Å². The number of aromatic carboxylic acids is 1. The molecule has 2 rings (SSSR count). The number of carboxylic acids is 1. The number of halogens is 3. The number of carbonyl (C=O) groups excluding carboxylic acids is 1. The van der Waals surface area contributed by atoms with Crippen molar-refractivity contribution in [3.63, 3.8) is 0 Å². The van der Waals surface area contributed by atoms with E-state index in [-0.39, 0.29) is 17.8 Å². The molecule has 1 N–H and O–H groups in total. The van der Waals surface area contributed by atoms with Gasteiger partial charge in [-0.1, -0.05) is 0 Å². The van der Waals surface area contributed by atoms with Crippen molar-refractivity contribution in [1.29, 1.82) is 0 Å². The van der Waals surface area contributed by atoms with Gasteiger partial charge in [-0.25, -0.2) is 4.79 Å². The molecule has 7 heteroatoms. The van der Waals surface area contributed by atoms with Crippen LogP contribution in [0.5, 0.6) is 0 Å². The van der Waals surface area contributed by atoms with Gasteiger partial charge < -0.3 is 10.0 Å². The monoisotopic (exact) mass is 287 g/mol. The maximum Gasteiger partial charge on any atom is 0.471 e. The molecule has 0 atom stereocenters. The summed E-state index contributed by atoms with van der Waals surface area (Å²) in [6, 6.07) is 2.61. The molecule has 1 aromatic carbocycles. The summed E-state index contributed by atoms with van der Waals surface area (Å²) >= 11 is 0. The predicted octanol–water partition coefficient (Wildman–Crippen LogP) is 2.53. The second-order valence-corrected chi connectivity index (χ2v) is 4.66. The minimum Gasteiger partial charge on any atom is -0.478 e. The van der Waals surface area contributed by atoms with Crippen molar-refractivity contribution < 1.29 is 27.9 Å². The number of anilines is 1. The first-order valence-corrected chi connectivity index (χ1v) is 5.97. The SMILES string of the molecule is Cc1cc(C(=O)O)cc2c1N(C(=O)C(F)(F)F)CCC2. The largest absolute Gasteiger partial charge is 0.478 e. The predicted molar refractivity (Wildman–Crippen MR) is 64.9 cm³/mol. The lowest BCUT2D eigenvalue weighted by Gasteiger charge is -2.31. The van der Waals surface area contributed by atoms with Gasteiger partial charge in [-0.2, -0.15) is 13.2 Å². The molecule has 1 aliphatic heterocycles. The third-order valence-corrected chi connectivity index (χ3v) is 3.21. The van der Waals surface area contributed by atoms with E-state index in [1.165, 1.54) is 19.1 Å².